The predicted octanol–water partition coefficient (Wildman–Crippen LogP) is 3.18. The van der Waals surface area contributed by atoms with Gasteiger partial charge in [-0.1, -0.05) is 36.7 Å². The lowest BCUT2D eigenvalue weighted by Crippen LogP contribution is -2.51. The number of hydrogen-bond donors (Lipinski definition) is 2. The average molecular weight is 337 g/mol. The first-order valence-electron chi connectivity index (χ1n) is 8.37. The summed E-state index contributed by atoms with van der Waals surface area (Å²) in [4.78, 5) is 14.3. The molecule has 1 atom stereocenters. The number of nitrogens with zero attached hydrogens (tertiary/aromatic N) is 1. The van der Waals surface area contributed by atoms with Crippen LogP contribution < -0.4 is 5.32 Å². The van der Waals surface area contributed by atoms with Crippen LogP contribution in [-0.2, 0) is 5.41 Å². The van der Waals surface area contributed by atoms with Crippen molar-refractivity contribution in [2.24, 2.45) is 5.41 Å². The molecule has 0 radical (unpaired) electrons. The third-order valence-electron chi connectivity index (χ3n) is 5.33. The van der Waals surface area contributed by atoms with Gasteiger partial charge in [-0.15, -0.1) is 0 Å². The van der Waals surface area contributed by atoms with Gasteiger partial charge in [0.1, 0.15) is 0 Å². The standard InChI is InChI=1S/C18H25ClN2O2/c1-17(13-22)7-4-10-21(12-17)16(23)20-11-18(8-9-18)14-5-2-3-6-15(14)19/h2-3,5-6,22H,4,7-13H2,1H3,(H,20,23). The van der Waals surface area contributed by atoms with Crippen LogP contribution in [0.5, 0.6) is 0 Å². The smallest absolute Gasteiger partial charge is 0.317 e. The van der Waals surface area contributed by atoms with Gasteiger partial charge in [-0.3, -0.25) is 0 Å². The van der Waals surface area contributed by atoms with E-state index in [9.17, 15) is 9.90 Å². The van der Waals surface area contributed by atoms with Crippen molar-refractivity contribution in [3.05, 3.63) is 34.9 Å². The lowest BCUT2D eigenvalue weighted by atomic mass is 9.83. The topological polar surface area (TPSA) is 52.6 Å². The number of nitrogens with one attached hydrogen (secondary N) is 1. The van der Waals surface area contributed by atoms with Crippen LogP contribution in [-0.4, -0.2) is 42.3 Å². The zero-order valence-electron chi connectivity index (χ0n) is 13.6. The second kappa shape index (κ2) is 6.33. The Morgan fingerprint density at radius 3 is 2.74 bits per heavy atom. The summed E-state index contributed by atoms with van der Waals surface area (Å²) < 4.78 is 0. The maximum absolute atomic E-state index is 12.5. The molecule has 0 bridgehead atoms. The van der Waals surface area contributed by atoms with Crippen molar-refractivity contribution in [1.82, 2.24) is 10.2 Å². The fourth-order valence-corrected chi connectivity index (χ4v) is 3.89. The molecule has 2 amide bonds. The van der Waals surface area contributed by atoms with Crippen LogP contribution in [0.4, 0.5) is 4.79 Å². The number of urea groups is 1. The highest BCUT2D eigenvalue weighted by Crippen LogP contribution is 2.49. The summed E-state index contributed by atoms with van der Waals surface area (Å²) in [5, 5.41) is 13.4. The molecular weight excluding hydrogens is 312 g/mol. The quantitative estimate of drug-likeness (QED) is 0.887. The summed E-state index contributed by atoms with van der Waals surface area (Å²) in [6, 6.07) is 7.88. The number of carbonyl (C=O) groups excluding carboxylic acids is 1. The average Bonchev–Trinajstić information content (AvgIpc) is 3.34. The van der Waals surface area contributed by atoms with Crippen molar-refractivity contribution < 1.29 is 9.90 Å². The predicted molar refractivity (Wildman–Crippen MR) is 91.8 cm³/mol. The number of hydrogen-bond acceptors (Lipinski definition) is 2. The first-order chi connectivity index (χ1) is 11.0. The van der Waals surface area contributed by atoms with Gasteiger partial charge in [0.15, 0.2) is 0 Å². The number of likely N-dealkylation sites (tertiary alicyclic amines) is 1. The van der Waals surface area contributed by atoms with Crippen molar-refractivity contribution in [2.75, 3.05) is 26.2 Å². The molecule has 1 heterocycles. The number of halogens is 1. The van der Waals surface area contributed by atoms with Crippen LogP contribution >= 0.6 is 11.6 Å². The van der Waals surface area contributed by atoms with Crippen molar-refractivity contribution in [1.29, 1.82) is 0 Å². The first kappa shape index (κ1) is 16.6. The normalized spacial score (nSPS) is 26.0. The highest BCUT2D eigenvalue weighted by Gasteiger charge is 2.46. The lowest BCUT2D eigenvalue weighted by molar-refractivity contribution is 0.0614. The highest BCUT2D eigenvalue weighted by molar-refractivity contribution is 6.31. The second-order valence-corrected chi connectivity index (χ2v) is 7.82. The molecule has 1 unspecified atom stereocenters. The third kappa shape index (κ3) is 3.48. The Hall–Kier alpha value is -1.26. The molecule has 0 spiro atoms. The number of aliphatic hydroxyl groups excluding tert-OH is 1. The van der Waals surface area contributed by atoms with Gasteiger partial charge in [-0.05, 0) is 37.3 Å². The zero-order valence-corrected chi connectivity index (χ0v) is 14.4. The van der Waals surface area contributed by atoms with E-state index in [2.05, 4.69) is 11.4 Å². The van der Waals surface area contributed by atoms with Crippen molar-refractivity contribution in [3.8, 4) is 0 Å². The van der Waals surface area contributed by atoms with E-state index in [0.717, 1.165) is 42.8 Å². The van der Waals surface area contributed by atoms with E-state index in [4.69, 9.17) is 11.6 Å². The summed E-state index contributed by atoms with van der Waals surface area (Å²) in [7, 11) is 0. The summed E-state index contributed by atoms with van der Waals surface area (Å²) in [6.07, 6.45) is 4.04. The van der Waals surface area contributed by atoms with Gasteiger partial charge >= 0.3 is 6.03 Å². The van der Waals surface area contributed by atoms with Gasteiger partial charge in [0.2, 0.25) is 0 Å². The Labute approximate surface area is 142 Å². The van der Waals surface area contributed by atoms with Gasteiger partial charge in [-0.2, -0.15) is 0 Å². The minimum Gasteiger partial charge on any atom is -0.396 e. The summed E-state index contributed by atoms with van der Waals surface area (Å²) in [6.45, 7) is 4.18. The van der Waals surface area contributed by atoms with Gasteiger partial charge in [0, 0.05) is 35.5 Å². The van der Waals surface area contributed by atoms with Gasteiger partial charge in [0.25, 0.3) is 0 Å². The molecule has 1 aromatic rings. The molecule has 0 aromatic heterocycles. The van der Waals surface area contributed by atoms with Gasteiger partial charge < -0.3 is 15.3 Å². The fraction of sp³-hybridized carbons (Fsp3) is 0.611. The number of aliphatic hydroxyl groups is 1. The monoisotopic (exact) mass is 336 g/mol. The van der Waals surface area contributed by atoms with E-state index in [1.807, 2.05) is 30.0 Å². The third-order valence-corrected chi connectivity index (χ3v) is 5.66. The molecule has 3 rings (SSSR count). The van der Waals surface area contributed by atoms with E-state index in [0.29, 0.717) is 13.1 Å². The molecule has 23 heavy (non-hydrogen) atoms. The largest absolute Gasteiger partial charge is 0.396 e. The van der Waals surface area contributed by atoms with E-state index in [-0.39, 0.29) is 23.5 Å². The molecule has 5 heteroatoms. The van der Waals surface area contributed by atoms with Crippen LogP contribution in [0.15, 0.2) is 24.3 Å². The van der Waals surface area contributed by atoms with Crippen LogP contribution in [0.2, 0.25) is 5.02 Å². The molecule has 2 fully saturated rings. The molecule has 1 saturated heterocycles. The van der Waals surface area contributed by atoms with E-state index < -0.39 is 0 Å². The van der Waals surface area contributed by atoms with Crippen molar-refractivity contribution in [3.63, 3.8) is 0 Å². The second-order valence-electron chi connectivity index (χ2n) is 7.41. The van der Waals surface area contributed by atoms with Gasteiger partial charge in [-0.25, -0.2) is 4.79 Å². The van der Waals surface area contributed by atoms with Crippen molar-refractivity contribution >= 4 is 17.6 Å². The molecule has 2 aliphatic rings. The first-order valence-corrected chi connectivity index (χ1v) is 8.75. The van der Waals surface area contributed by atoms with E-state index in [1.54, 1.807) is 0 Å². The number of amides is 2. The van der Waals surface area contributed by atoms with Crippen LogP contribution in [0.25, 0.3) is 0 Å². The molecule has 4 nitrogen and oxygen atoms in total. The minimum atomic E-state index is -0.171. The molecule has 1 saturated carbocycles. The molecule has 1 aliphatic heterocycles. The molecular formula is C18H25ClN2O2. The minimum absolute atomic E-state index is 0.00404. The lowest BCUT2D eigenvalue weighted by Gasteiger charge is -2.39. The van der Waals surface area contributed by atoms with Crippen LogP contribution in [0, 0.1) is 5.41 Å². The van der Waals surface area contributed by atoms with Crippen LogP contribution in [0.1, 0.15) is 38.2 Å². The molecule has 126 valence electrons. The maximum atomic E-state index is 12.5. The van der Waals surface area contributed by atoms with E-state index >= 15 is 0 Å². The molecule has 1 aromatic carbocycles. The molecule has 2 N–H and O–H groups in total. The Morgan fingerprint density at radius 1 is 1.35 bits per heavy atom. The SMILES string of the molecule is CC1(CO)CCCN(C(=O)NCC2(c3ccccc3Cl)CC2)C1. The maximum Gasteiger partial charge on any atom is 0.317 e. The number of carbonyl (C=O) groups is 1. The number of rotatable bonds is 4. The number of benzene rings is 1. The Bertz CT molecular complexity index is 588. The summed E-state index contributed by atoms with van der Waals surface area (Å²) in [5.41, 5.74) is 0.973. The molecule has 1 aliphatic carbocycles. The van der Waals surface area contributed by atoms with Gasteiger partial charge in [0.05, 0.1) is 6.61 Å². The Morgan fingerprint density at radius 2 is 2.09 bits per heavy atom. The summed E-state index contributed by atoms with van der Waals surface area (Å²) >= 11 is 6.32. The summed E-state index contributed by atoms with van der Waals surface area (Å²) in [5.74, 6) is 0. The fourth-order valence-electron chi connectivity index (χ4n) is 3.56. The van der Waals surface area contributed by atoms with Crippen molar-refractivity contribution in [2.45, 2.75) is 38.0 Å². The van der Waals surface area contributed by atoms with E-state index in [1.165, 1.54) is 0 Å². The number of piperidine rings is 1. The zero-order chi connectivity index (χ0) is 16.5. The highest BCUT2D eigenvalue weighted by atomic mass is 35.5. The van der Waals surface area contributed by atoms with Crippen LogP contribution in [0.3, 0.4) is 0 Å². The Balaban J connectivity index is 1.60. The Kier molecular flexibility index (Phi) is 4.56.